The van der Waals surface area contributed by atoms with Crippen LogP contribution in [0, 0.1) is 13.8 Å². The van der Waals surface area contributed by atoms with Gasteiger partial charge in [-0.2, -0.15) is 0 Å². The van der Waals surface area contributed by atoms with Gasteiger partial charge in [0.2, 0.25) is 0 Å². The molecule has 0 saturated heterocycles. The van der Waals surface area contributed by atoms with E-state index in [2.05, 4.69) is 54.4 Å². The molecule has 0 spiro atoms. The molecule has 0 aliphatic heterocycles. The number of aromatic nitrogens is 1. The summed E-state index contributed by atoms with van der Waals surface area (Å²) in [6.07, 6.45) is 2.09. The first-order chi connectivity index (χ1) is 7.56. The molecule has 1 rings (SSSR count). The minimum atomic E-state index is 0. The topological polar surface area (TPSA) is 20.2 Å². The molecule has 6 heteroatoms. The first kappa shape index (κ1) is 17.5. The maximum atomic E-state index is 5.30. The van der Waals surface area contributed by atoms with Crippen molar-refractivity contribution in [2.45, 2.75) is 27.7 Å². The van der Waals surface area contributed by atoms with Crippen LogP contribution < -0.4 is 35.0 Å². The van der Waals surface area contributed by atoms with Crippen molar-refractivity contribution in [3.05, 3.63) is 23.5 Å². The van der Waals surface area contributed by atoms with E-state index in [4.69, 9.17) is 12.2 Å². The van der Waals surface area contributed by atoms with E-state index in [9.17, 15) is 0 Å². The van der Waals surface area contributed by atoms with E-state index in [0.717, 1.165) is 17.4 Å². The minimum absolute atomic E-state index is 0. The summed E-state index contributed by atoms with van der Waals surface area (Å²) in [4.78, 5) is 0. The number of aryl methyl sites for hydroxylation is 2. The normalized spacial score (nSPS) is 10.2. The van der Waals surface area contributed by atoms with Gasteiger partial charge in [0.25, 0.3) is 0 Å². The summed E-state index contributed by atoms with van der Waals surface area (Å²) in [5.74, 6) is 0. The standard InChI is InChI=1S/C11H19N3S2.Na.H/c1-5-13(6-2)12-11(15)16-14-8-9(3)7-10(14)4;;/h7-8H,5-6H2,1-4H3,(H,12,15);;/q;+1;-1. The average Bonchev–Trinajstić information content (AvgIpc) is 2.54. The first-order valence-corrected chi connectivity index (χ1v) is 6.64. The van der Waals surface area contributed by atoms with Crippen LogP contribution in [-0.4, -0.2) is 26.4 Å². The van der Waals surface area contributed by atoms with Crippen LogP contribution in [0.1, 0.15) is 26.5 Å². The summed E-state index contributed by atoms with van der Waals surface area (Å²) < 4.78 is 2.87. The monoisotopic (exact) mass is 281 g/mol. The third kappa shape index (κ3) is 5.77. The van der Waals surface area contributed by atoms with Gasteiger partial charge in [0, 0.05) is 36.9 Å². The zero-order valence-corrected chi connectivity index (χ0v) is 14.9. The number of rotatable bonds is 4. The Bertz CT molecular complexity index is 367. The summed E-state index contributed by atoms with van der Waals surface area (Å²) >= 11 is 6.85. The number of nitrogens with one attached hydrogen (secondary N) is 1. The van der Waals surface area contributed by atoms with E-state index >= 15 is 0 Å². The maximum Gasteiger partial charge on any atom is 1.00 e. The third-order valence-corrected chi connectivity index (χ3v) is 3.46. The maximum absolute atomic E-state index is 5.30. The summed E-state index contributed by atoms with van der Waals surface area (Å²) in [6, 6.07) is 2.15. The van der Waals surface area contributed by atoms with E-state index in [0.29, 0.717) is 0 Å². The van der Waals surface area contributed by atoms with Crippen LogP contribution in [0.15, 0.2) is 12.3 Å². The molecule has 0 unspecified atom stereocenters. The van der Waals surface area contributed by atoms with Crippen molar-refractivity contribution >= 4 is 28.5 Å². The zero-order valence-electron chi connectivity index (χ0n) is 12.3. The fraction of sp³-hybridized carbons (Fsp3) is 0.545. The molecule has 92 valence electrons. The molecule has 3 nitrogen and oxygen atoms in total. The second kappa shape index (κ2) is 8.56. The Labute approximate surface area is 137 Å². The molecule has 0 fully saturated rings. The second-order valence-electron chi connectivity index (χ2n) is 3.65. The van der Waals surface area contributed by atoms with Crippen LogP contribution in [0.4, 0.5) is 0 Å². The average molecular weight is 281 g/mol. The van der Waals surface area contributed by atoms with Gasteiger partial charge in [-0.05, 0) is 37.7 Å². The van der Waals surface area contributed by atoms with Crippen LogP contribution in [-0.2, 0) is 0 Å². The molecule has 0 bridgehead atoms. The van der Waals surface area contributed by atoms with Crippen LogP contribution in [0.2, 0.25) is 0 Å². The Hall–Kier alpha value is 0.480. The largest absolute Gasteiger partial charge is 1.00 e. The van der Waals surface area contributed by atoms with Crippen molar-refractivity contribution < 1.29 is 31.0 Å². The summed E-state index contributed by atoms with van der Waals surface area (Å²) in [7, 11) is 0. The number of hydrogen-bond acceptors (Lipinski definition) is 3. The van der Waals surface area contributed by atoms with Crippen molar-refractivity contribution in [2.75, 3.05) is 13.1 Å². The van der Waals surface area contributed by atoms with E-state index in [1.807, 2.05) is 0 Å². The molecule has 1 aromatic rings. The Kier molecular flexibility index (Phi) is 8.80. The molecule has 0 amide bonds. The zero-order chi connectivity index (χ0) is 12.1. The Balaban J connectivity index is 0. The summed E-state index contributed by atoms with van der Waals surface area (Å²) in [5, 5.41) is 2.08. The fourth-order valence-electron chi connectivity index (χ4n) is 1.44. The fourth-order valence-corrected chi connectivity index (χ4v) is 2.57. The van der Waals surface area contributed by atoms with Crippen molar-refractivity contribution in [1.82, 2.24) is 14.4 Å². The van der Waals surface area contributed by atoms with Crippen LogP contribution >= 0.6 is 24.2 Å². The van der Waals surface area contributed by atoms with Gasteiger partial charge >= 0.3 is 29.6 Å². The Morgan fingerprint density at radius 2 is 2.06 bits per heavy atom. The van der Waals surface area contributed by atoms with Gasteiger partial charge in [0.05, 0.1) is 0 Å². The smallest absolute Gasteiger partial charge is 1.00 e. The molecular weight excluding hydrogens is 261 g/mol. The predicted octanol–water partition coefficient (Wildman–Crippen LogP) is -0.151. The van der Waals surface area contributed by atoms with Crippen LogP contribution in [0.5, 0.6) is 0 Å². The van der Waals surface area contributed by atoms with Gasteiger partial charge in [-0.3, -0.25) is 3.97 Å². The van der Waals surface area contributed by atoms with Gasteiger partial charge in [0.1, 0.15) is 0 Å². The van der Waals surface area contributed by atoms with E-state index in [-0.39, 0.29) is 31.0 Å². The van der Waals surface area contributed by atoms with Crippen LogP contribution in [0.25, 0.3) is 0 Å². The van der Waals surface area contributed by atoms with E-state index in [1.54, 1.807) is 11.9 Å². The molecule has 0 aromatic carbocycles. The van der Waals surface area contributed by atoms with Gasteiger partial charge in [-0.1, -0.05) is 13.8 Å². The minimum Gasteiger partial charge on any atom is -1.00 e. The molecule has 0 aliphatic rings. The third-order valence-electron chi connectivity index (χ3n) is 2.30. The SMILES string of the molecule is CCN(CC)NC(=S)Sn1cc(C)cc1C.[H-].[Na+]. The molecule has 1 N–H and O–H groups in total. The van der Waals surface area contributed by atoms with Gasteiger partial charge < -0.3 is 6.85 Å². The quantitative estimate of drug-likeness (QED) is 0.470. The molecule has 0 aliphatic carbocycles. The Morgan fingerprint density at radius 3 is 2.47 bits per heavy atom. The number of hydrazine groups is 1. The van der Waals surface area contributed by atoms with Gasteiger partial charge in [-0.25, -0.2) is 5.01 Å². The van der Waals surface area contributed by atoms with Gasteiger partial charge in [0.15, 0.2) is 4.32 Å². The number of thiocarbonyl (C=S) groups is 1. The van der Waals surface area contributed by atoms with Gasteiger partial charge in [-0.15, -0.1) is 0 Å². The van der Waals surface area contributed by atoms with E-state index in [1.165, 1.54) is 11.3 Å². The molecule has 0 radical (unpaired) electrons. The second-order valence-corrected chi connectivity index (χ2v) is 5.30. The summed E-state index contributed by atoms with van der Waals surface area (Å²) in [5.41, 5.74) is 5.68. The predicted molar refractivity (Wildman–Crippen MR) is 76.7 cm³/mol. The van der Waals surface area contributed by atoms with Crippen molar-refractivity contribution in [3.63, 3.8) is 0 Å². The first-order valence-electron chi connectivity index (χ1n) is 5.46. The Morgan fingerprint density at radius 1 is 1.47 bits per heavy atom. The molecule has 0 saturated carbocycles. The van der Waals surface area contributed by atoms with E-state index < -0.39 is 0 Å². The summed E-state index contributed by atoms with van der Waals surface area (Å²) in [6.45, 7) is 10.3. The van der Waals surface area contributed by atoms with Crippen molar-refractivity contribution in [3.8, 4) is 0 Å². The molecule has 1 heterocycles. The molecule has 17 heavy (non-hydrogen) atoms. The van der Waals surface area contributed by atoms with Crippen LogP contribution in [0.3, 0.4) is 0 Å². The molecule has 1 aromatic heterocycles. The number of hydrogen-bond donors (Lipinski definition) is 1. The number of nitrogens with zero attached hydrogens (tertiary/aromatic N) is 2. The van der Waals surface area contributed by atoms with Crippen molar-refractivity contribution in [1.29, 1.82) is 0 Å². The van der Waals surface area contributed by atoms with Crippen molar-refractivity contribution in [2.24, 2.45) is 0 Å². The molecule has 0 atom stereocenters. The molecular formula is C11H20N3NaS2.